The van der Waals surface area contributed by atoms with Crippen LogP contribution in [0.3, 0.4) is 0 Å². The minimum Gasteiger partial charge on any atom is -0.508 e. The van der Waals surface area contributed by atoms with Gasteiger partial charge >= 0.3 is 0 Å². The van der Waals surface area contributed by atoms with Gasteiger partial charge in [-0.3, -0.25) is 19.3 Å². The van der Waals surface area contributed by atoms with Crippen molar-refractivity contribution in [2.75, 3.05) is 13.1 Å². The molecular weight excluding hydrogens is 368 g/mol. The zero-order valence-corrected chi connectivity index (χ0v) is 17.5. The van der Waals surface area contributed by atoms with E-state index >= 15 is 0 Å². The van der Waals surface area contributed by atoms with Crippen LogP contribution in [-0.2, 0) is 20.8 Å². The quantitative estimate of drug-likeness (QED) is 0.390. The number of benzene rings is 1. The Labute approximate surface area is 173 Å². The molecule has 0 bridgehead atoms. The standard InChI is InChI=1S/C23H34N2O4/c1-2-3-4-5-6-7-8-19-17-22(28)25(23(19)29)16-14-21(27)24-15-13-18-9-11-20(26)12-10-18/h9-12,19,26H,2-8,13-17H2,1H3,(H,24,27). The molecule has 6 heteroatoms. The summed E-state index contributed by atoms with van der Waals surface area (Å²) in [6.07, 6.45) is 8.85. The number of hydrogen-bond acceptors (Lipinski definition) is 4. The van der Waals surface area contributed by atoms with Gasteiger partial charge in [0.05, 0.1) is 0 Å². The Morgan fingerprint density at radius 3 is 2.52 bits per heavy atom. The number of likely N-dealkylation sites (tertiary alicyclic amines) is 1. The van der Waals surface area contributed by atoms with Crippen LogP contribution in [0.25, 0.3) is 0 Å². The van der Waals surface area contributed by atoms with Gasteiger partial charge in [-0.25, -0.2) is 0 Å². The SMILES string of the molecule is CCCCCCCCC1CC(=O)N(CCC(=O)NCCc2ccc(O)cc2)C1=O. The molecule has 3 amide bonds. The molecule has 1 unspecified atom stereocenters. The van der Waals surface area contributed by atoms with Crippen molar-refractivity contribution < 1.29 is 19.5 Å². The third kappa shape index (κ3) is 7.87. The minimum absolute atomic E-state index is 0.111. The van der Waals surface area contributed by atoms with Crippen LogP contribution in [0.1, 0.15) is 70.3 Å². The molecule has 0 saturated carbocycles. The average molecular weight is 403 g/mol. The number of imide groups is 1. The van der Waals surface area contributed by atoms with E-state index in [0.717, 1.165) is 24.8 Å². The summed E-state index contributed by atoms with van der Waals surface area (Å²) in [6, 6.07) is 6.85. The number of carbonyl (C=O) groups excluding carboxylic acids is 3. The summed E-state index contributed by atoms with van der Waals surface area (Å²) in [5.74, 6) is -0.411. The molecule has 160 valence electrons. The molecule has 0 aliphatic carbocycles. The summed E-state index contributed by atoms with van der Waals surface area (Å²) in [6.45, 7) is 2.83. The van der Waals surface area contributed by atoms with Crippen LogP contribution in [-0.4, -0.2) is 40.8 Å². The van der Waals surface area contributed by atoms with Crippen LogP contribution < -0.4 is 5.32 Å². The van der Waals surface area contributed by atoms with Crippen LogP contribution in [0.15, 0.2) is 24.3 Å². The fourth-order valence-corrected chi connectivity index (χ4v) is 3.69. The first-order chi connectivity index (χ1) is 14.0. The molecular formula is C23H34N2O4. The number of rotatable bonds is 13. The van der Waals surface area contributed by atoms with Gasteiger partial charge < -0.3 is 10.4 Å². The lowest BCUT2D eigenvalue weighted by atomic mass is 9.99. The molecule has 1 fully saturated rings. The van der Waals surface area contributed by atoms with Crippen molar-refractivity contribution in [1.29, 1.82) is 0 Å². The molecule has 2 N–H and O–H groups in total. The Balaban J connectivity index is 1.63. The Bertz CT molecular complexity index is 672. The average Bonchev–Trinajstić information content (AvgIpc) is 2.97. The topological polar surface area (TPSA) is 86.7 Å². The number of amides is 3. The highest BCUT2D eigenvalue weighted by atomic mass is 16.3. The number of aromatic hydroxyl groups is 1. The number of phenols is 1. The smallest absolute Gasteiger partial charge is 0.232 e. The van der Waals surface area contributed by atoms with Gasteiger partial charge in [-0.15, -0.1) is 0 Å². The number of nitrogens with one attached hydrogen (secondary N) is 1. The molecule has 1 saturated heterocycles. The first-order valence-electron chi connectivity index (χ1n) is 10.9. The van der Waals surface area contributed by atoms with Crippen LogP contribution in [0.5, 0.6) is 5.75 Å². The molecule has 2 rings (SSSR count). The van der Waals surface area contributed by atoms with E-state index in [9.17, 15) is 19.5 Å². The fourth-order valence-electron chi connectivity index (χ4n) is 3.69. The maximum absolute atomic E-state index is 12.5. The molecule has 6 nitrogen and oxygen atoms in total. The second-order valence-corrected chi connectivity index (χ2v) is 7.86. The number of hydrogen-bond donors (Lipinski definition) is 2. The lowest BCUT2D eigenvalue weighted by molar-refractivity contribution is -0.139. The van der Waals surface area contributed by atoms with Gasteiger partial charge in [-0.05, 0) is 30.5 Å². The molecule has 1 aromatic rings. The molecule has 29 heavy (non-hydrogen) atoms. The highest BCUT2D eigenvalue weighted by Gasteiger charge is 2.37. The Morgan fingerprint density at radius 1 is 1.10 bits per heavy atom. The second kappa shape index (κ2) is 12.2. The van der Waals surface area contributed by atoms with Crippen molar-refractivity contribution in [2.45, 2.75) is 71.1 Å². The van der Waals surface area contributed by atoms with Gasteiger partial charge in [0.2, 0.25) is 17.7 Å². The molecule has 0 radical (unpaired) electrons. The van der Waals surface area contributed by atoms with E-state index in [-0.39, 0.29) is 48.8 Å². The van der Waals surface area contributed by atoms with Crippen molar-refractivity contribution >= 4 is 17.7 Å². The number of carbonyl (C=O) groups is 3. The van der Waals surface area contributed by atoms with E-state index in [1.807, 2.05) is 12.1 Å². The fraction of sp³-hybridized carbons (Fsp3) is 0.609. The summed E-state index contributed by atoms with van der Waals surface area (Å²) in [5.41, 5.74) is 1.02. The van der Waals surface area contributed by atoms with E-state index in [4.69, 9.17) is 0 Å². The van der Waals surface area contributed by atoms with Gasteiger partial charge in [0, 0.05) is 31.8 Å². The van der Waals surface area contributed by atoms with Crippen molar-refractivity contribution in [1.82, 2.24) is 10.2 Å². The van der Waals surface area contributed by atoms with E-state index in [0.29, 0.717) is 13.0 Å². The highest BCUT2D eigenvalue weighted by molar-refractivity contribution is 6.03. The van der Waals surface area contributed by atoms with Gasteiger partial charge in [0.25, 0.3) is 0 Å². The predicted molar refractivity (Wildman–Crippen MR) is 112 cm³/mol. The Morgan fingerprint density at radius 2 is 1.79 bits per heavy atom. The summed E-state index contributed by atoms with van der Waals surface area (Å²) >= 11 is 0. The summed E-state index contributed by atoms with van der Waals surface area (Å²) in [4.78, 5) is 37.9. The van der Waals surface area contributed by atoms with Crippen LogP contribution in [0.4, 0.5) is 0 Å². The first-order valence-corrected chi connectivity index (χ1v) is 10.9. The van der Waals surface area contributed by atoms with Crippen LogP contribution >= 0.6 is 0 Å². The molecule has 1 aliphatic heterocycles. The summed E-state index contributed by atoms with van der Waals surface area (Å²) in [5, 5.41) is 12.1. The van der Waals surface area contributed by atoms with Crippen molar-refractivity contribution in [3.05, 3.63) is 29.8 Å². The second-order valence-electron chi connectivity index (χ2n) is 7.86. The van der Waals surface area contributed by atoms with Gasteiger partial charge in [-0.2, -0.15) is 0 Å². The Hall–Kier alpha value is -2.37. The molecule has 1 heterocycles. The van der Waals surface area contributed by atoms with E-state index in [1.165, 1.54) is 30.6 Å². The van der Waals surface area contributed by atoms with Crippen LogP contribution in [0.2, 0.25) is 0 Å². The number of nitrogens with zero attached hydrogens (tertiary/aromatic N) is 1. The minimum atomic E-state index is -0.203. The van der Waals surface area contributed by atoms with E-state index < -0.39 is 0 Å². The number of phenolic OH excluding ortho intramolecular Hbond substituents is 1. The summed E-state index contributed by atoms with van der Waals surface area (Å²) < 4.78 is 0. The zero-order valence-electron chi connectivity index (χ0n) is 17.5. The predicted octanol–water partition coefficient (Wildman–Crippen LogP) is 3.57. The monoisotopic (exact) mass is 402 g/mol. The maximum atomic E-state index is 12.5. The highest BCUT2D eigenvalue weighted by Crippen LogP contribution is 2.25. The van der Waals surface area contributed by atoms with Crippen LogP contribution in [0, 0.1) is 5.92 Å². The third-order valence-electron chi connectivity index (χ3n) is 5.48. The zero-order chi connectivity index (χ0) is 21.1. The normalized spacial score (nSPS) is 16.4. The molecule has 0 spiro atoms. The largest absolute Gasteiger partial charge is 0.508 e. The molecule has 1 aromatic carbocycles. The third-order valence-corrected chi connectivity index (χ3v) is 5.48. The number of unbranched alkanes of at least 4 members (excludes halogenated alkanes) is 5. The molecule has 1 aliphatic rings. The lowest BCUT2D eigenvalue weighted by Crippen LogP contribution is -2.35. The van der Waals surface area contributed by atoms with Gasteiger partial charge in [0.1, 0.15) is 5.75 Å². The van der Waals surface area contributed by atoms with E-state index in [1.54, 1.807) is 12.1 Å². The van der Waals surface area contributed by atoms with Gasteiger partial charge in [-0.1, -0.05) is 57.6 Å². The first kappa shape index (κ1) is 22.9. The summed E-state index contributed by atoms with van der Waals surface area (Å²) in [7, 11) is 0. The van der Waals surface area contributed by atoms with Crippen molar-refractivity contribution in [2.24, 2.45) is 5.92 Å². The van der Waals surface area contributed by atoms with E-state index in [2.05, 4.69) is 12.2 Å². The van der Waals surface area contributed by atoms with Crippen molar-refractivity contribution in [3.8, 4) is 5.75 Å². The molecule has 1 atom stereocenters. The van der Waals surface area contributed by atoms with Gasteiger partial charge in [0.15, 0.2) is 0 Å². The maximum Gasteiger partial charge on any atom is 0.232 e. The Kier molecular flexibility index (Phi) is 9.68. The lowest BCUT2D eigenvalue weighted by Gasteiger charge is -2.15. The molecule has 0 aromatic heterocycles. The van der Waals surface area contributed by atoms with Crippen molar-refractivity contribution in [3.63, 3.8) is 0 Å².